The maximum Gasteiger partial charge on any atom is 0.155 e. The molecule has 0 aliphatic heterocycles. The van der Waals surface area contributed by atoms with Gasteiger partial charge in [-0.15, -0.1) is 11.6 Å². The highest BCUT2D eigenvalue weighted by atomic mass is 79.9. The van der Waals surface area contributed by atoms with Crippen LogP contribution in [0.5, 0.6) is 0 Å². The summed E-state index contributed by atoms with van der Waals surface area (Å²) < 4.78 is 1.02. The van der Waals surface area contributed by atoms with Crippen LogP contribution in [-0.2, 0) is 4.79 Å². The van der Waals surface area contributed by atoms with Crippen LogP contribution in [0.1, 0.15) is 24.8 Å². The highest BCUT2D eigenvalue weighted by molar-refractivity contribution is 9.10. The van der Waals surface area contributed by atoms with Gasteiger partial charge in [-0.2, -0.15) is 0 Å². The molecule has 0 spiro atoms. The summed E-state index contributed by atoms with van der Waals surface area (Å²) >= 11 is 8.93. The first-order valence-electron chi connectivity index (χ1n) is 5.25. The van der Waals surface area contributed by atoms with E-state index < -0.39 is 0 Å². The van der Waals surface area contributed by atoms with Crippen LogP contribution >= 0.6 is 27.5 Å². The second kappa shape index (κ2) is 7.64. The molecule has 0 atom stereocenters. The van der Waals surface area contributed by atoms with E-state index in [4.69, 9.17) is 11.6 Å². The van der Waals surface area contributed by atoms with Crippen LogP contribution in [0.2, 0.25) is 0 Å². The lowest BCUT2D eigenvalue weighted by Gasteiger charge is -1.95. The molecule has 0 aliphatic rings. The molecule has 0 amide bonds. The zero-order chi connectivity index (χ0) is 11.8. The molecule has 0 radical (unpaired) electrons. The Balaban J connectivity index is 2.44. The number of rotatable bonds is 6. The number of carbonyl (C=O) groups excluding carboxylic acids is 1. The molecule has 0 aromatic heterocycles. The Labute approximate surface area is 110 Å². The molecular weight excluding hydrogens is 287 g/mol. The van der Waals surface area contributed by atoms with Gasteiger partial charge in [0.15, 0.2) is 5.78 Å². The van der Waals surface area contributed by atoms with Gasteiger partial charge in [0.1, 0.15) is 0 Å². The number of alkyl halides is 1. The van der Waals surface area contributed by atoms with Crippen LogP contribution in [0, 0.1) is 0 Å². The Morgan fingerprint density at radius 2 is 2.19 bits per heavy atom. The van der Waals surface area contributed by atoms with Gasteiger partial charge < -0.3 is 0 Å². The third-order valence-electron chi connectivity index (χ3n) is 2.12. The van der Waals surface area contributed by atoms with Crippen LogP contribution in [0.15, 0.2) is 34.8 Å². The lowest BCUT2D eigenvalue weighted by Crippen LogP contribution is -1.92. The number of hydrogen-bond acceptors (Lipinski definition) is 1. The SMILES string of the molecule is O=C(/C=C/c1cccc(Br)c1)CCCCCl. The van der Waals surface area contributed by atoms with E-state index in [1.165, 1.54) is 0 Å². The van der Waals surface area contributed by atoms with E-state index in [2.05, 4.69) is 15.9 Å². The normalized spacial score (nSPS) is 10.9. The van der Waals surface area contributed by atoms with E-state index in [-0.39, 0.29) is 5.78 Å². The Bertz CT molecular complexity index is 374. The van der Waals surface area contributed by atoms with E-state index in [9.17, 15) is 4.79 Å². The van der Waals surface area contributed by atoms with E-state index >= 15 is 0 Å². The number of carbonyl (C=O) groups is 1. The first kappa shape index (κ1) is 13.5. The van der Waals surface area contributed by atoms with E-state index in [0.29, 0.717) is 12.3 Å². The molecule has 1 rings (SSSR count). The Morgan fingerprint density at radius 3 is 2.88 bits per heavy atom. The molecule has 16 heavy (non-hydrogen) atoms. The molecule has 0 fully saturated rings. The van der Waals surface area contributed by atoms with Gasteiger partial charge in [0, 0.05) is 16.8 Å². The van der Waals surface area contributed by atoms with Crippen molar-refractivity contribution in [3.05, 3.63) is 40.4 Å². The van der Waals surface area contributed by atoms with Crippen molar-refractivity contribution in [1.82, 2.24) is 0 Å². The van der Waals surface area contributed by atoms with Crippen LogP contribution in [-0.4, -0.2) is 11.7 Å². The lowest BCUT2D eigenvalue weighted by molar-refractivity contribution is -0.114. The molecule has 0 heterocycles. The minimum atomic E-state index is 0.157. The molecule has 0 aliphatic carbocycles. The summed E-state index contributed by atoms with van der Waals surface area (Å²) in [5, 5.41) is 0. The average Bonchev–Trinajstić information content (AvgIpc) is 2.27. The van der Waals surface area contributed by atoms with Gasteiger partial charge in [-0.1, -0.05) is 34.1 Å². The molecule has 1 aromatic carbocycles. The van der Waals surface area contributed by atoms with Gasteiger partial charge in [0.25, 0.3) is 0 Å². The molecule has 86 valence electrons. The summed E-state index contributed by atoms with van der Waals surface area (Å²) in [6, 6.07) is 7.84. The van der Waals surface area contributed by atoms with Crippen molar-refractivity contribution in [2.24, 2.45) is 0 Å². The van der Waals surface area contributed by atoms with Crippen molar-refractivity contribution in [2.75, 3.05) is 5.88 Å². The summed E-state index contributed by atoms with van der Waals surface area (Å²) in [6.07, 6.45) is 5.82. The average molecular weight is 302 g/mol. The standard InChI is InChI=1S/C13H14BrClO/c14-12-5-3-4-11(10-12)7-8-13(16)6-1-2-9-15/h3-5,7-8,10H,1-2,6,9H2/b8-7+. The number of ketones is 1. The first-order chi connectivity index (χ1) is 7.72. The van der Waals surface area contributed by atoms with Crippen LogP contribution in [0.25, 0.3) is 6.08 Å². The Hall–Kier alpha value is -0.600. The maximum absolute atomic E-state index is 11.4. The monoisotopic (exact) mass is 300 g/mol. The van der Waals surface area contributed by atoms with Crippen LogP contribution < -0.4 is 0 Å². The summed E-state index contributed by atoms with van der Waals surface area (Å²) in [4.78, 5) is 11.4. The van der Waals surface area contributed by atoms with Crippen LogP contribution in [0.4, 0.5) is 0 Å². The van der Waals surface area contributed by atoms with Crippen molar-refractivity contribution in [3.63, 3.8) is 0 Å². The summed E-state index contributed by atoms with van der Waals surface area (Å²) in [6.45, 7) is 0. The number of hydrogen-bond donors (Lipinski definition) is 0. The third-order valence-corrected chi connectivity index (χ3v) is 2.88. The minimum Gasteiger partial charge on any atom is -0.295 e. The highest BCUT2D eigenvalue weighted by Gasteiger charge is 1.96. The molecule has 0 unspecified atom stereocenters. The molecule has 1 aromatic rings. The fourth-order valence-electron chi connectivity index (χ4n) is 1.28. The molecule has 0 saturated heterocycles. The predicted octanol–water partition coefficient (Wildman–Crippen LogP) is 4.44. The van der Waals surface area contributed by atoms with Crippen molar-refractivity contribution < 1.29 is 4.79 Å². The summed E-state index contributed by atoms with van der Waals surface area (Å²) in [7, 11) is 0. The van der Waals surface area contributed by atoms with Crippen LogP contribution in [0.3, 0.4) is 0 Å². The van der Waals surface area contributed by atoms with E-state index in [1.807, 2.05) is 30.3 Å². The predicted molar refractivity (Wildman–Crippen MR) is 72.8 cm³/mol. The van der Waals surface area contributed by atoms with Gasteiger partial charge in [0.2, 0.25) is 0 Å². The Morgan fingerprint density at radius 1 is 1.38 bits per heavy atom. The fraction of sp³-hybridized carbons (Fsp3) is 0.308. The van der Waals surface area contributed by atoms with Crippen molar-refractivity contribution >= 4 is 39.4 Å². The Kier molecular flexibility index (Phi) is 6.43. The van der Waals surface area contributed by atoms with Crippen molar-refractivity contribution in [2.45, 2.75) is 19.3 Å². The largest absolute Gasteiger partial charge is 0.295 e. The summed E-state index contributed by atoms with van der Waals surface area (Å²) in [5.41, 5.74) is 1.03. The molecule has 0 bridgehead atoms. The third kappa shape index (κ3) is 5.47. The minimum absolute atomic E-state index is 0.157. The van der Waals surface area contributed by atoms with Gasteiger partial charge in [0.05, 0.1) is 0 Å². The number of unbranched alkanes of at least 4 members (excludes halogenated alkanes) is 1. The fourth-order valence-corrected chi connectivity index (χ4v) is 1.88. The van der Waals surface area contributed by atoms with E-state index in [1.54, 1.807) is 6.08 Å². The second-order valence-electron chi connectivity index (χ2n) is 3.50. The second-order valence-corrected chi connectivity index (χ2v) is 4.79. The number of benzene rings is 1. The quantitative estimate of drug-likeness (QED) is 0.431. The smallest absolute Gasteiger partial charge is 0.155 e. The lowest BCUT2D eigenvalue weighted by atomic mass is 10.1. The molecule has 0 saturated carbocycles. The molecule has 3 heteroatoms. The van der Waals surface area contributed by atoms with Gasteiger partial charge in [-0.3, -0.25) is 4.79 Å². The summed E-state index contributed by atoms with van der Waals surface area (Å²) in [5.74, 6) is 0.785. The topological polar surface area (TPSA) is 17.1 Å². The van der Waals surface area contributed by atoms with Crippen molar-refractivity contribution in [1.29, 1.82) is 0 Å². The van der Waals surface area contributed by atoms with Gasteiger partial charge in [-0.05, 0) is 36.6 Å². The zero-order valence-corrected chi connectivity index (χ0v) is 11.3. The van der Waals surface area contributed by atoms with Gasteiger partial charge in [-0.25, -0.2) is 0 Å². The molecule has 1 nitrogen and oxygen atoms in total. The maximum atomic E-state index is 11.4. The number of halogens is 2. The first-order valence-corrected chi connectivity index (χ1v) is 6.57. The van der Waals surface area contributed by atoms with Crippen molar-refractivity contribution in [3.8, 4) is 0 Å². The zero-order valence-electron chi connectivity index (χ0n) is 8.96. The van der Waals surface area contributed by atoms with E-state index in [0.717, 1.165) is 22.9 Å². The molecule has 0 N–H and O–H groups in total. The highest BCUT2D eigenvalue weighted by Crippen LogP contribution is 2.13. The number of allylic oxidation sites excluding steroid dienone is 1. The molecular formula is C13H14BrClO. The van der Waals surface area contributed by atoms with Gasteiger partial charge >= 0.3 is 0 Å².